The van der Waals surface area contributed by atoms with Crippen molar-refractivity contribution in [2.24, 2.45) is 5.16 Å². The van der Waals surface area contributed by atoms with Gasteiger partial charge in [-0.1, -0.05) is 17.3 Å². The molecular formula is C19H25N3O2S. The fourth-order valence-corrected chi connectivity index (χ4v) is 4.06. The monoisotopic (exact) mass is 359 g/mol. The maximum Gasteiger partial charge on any atom is 0.142 e. The second-order valence-corrected chi connectivity index (χ2v) is 7.50. The molecule has 25 heavy (non-hydrogen) atoms. The largest absolute Gasteiger partial charge is 0.495 e. The molecule has 1 N–H and O–H groups in total. The van der Waals surface area contributed by atoms with Gasteiger partial charge < -0.3 is 14.8 Å². The highest BCUT2D eigenvalue weighted by Crippen LogP contribution is 2.28. The fourth-order valence-electron chi connectivity index (χ4n) is 3.18. The number of ether oxygens (including phenoxy) is 1. The van der Waals surface area contributed by atoms with Crippen molar-refractivity contribution in [1.29, 1.82) is 0 Å². The molecule has 1 saturated heterocycles. The van der Waals surface area contributed by atoms with E-state index in [1.54, 1.807) is 18.4 Å². The molecule has 6 heteroatoms. The van der Waals surface area contributed by atoms with Gasteiger partial charge in [-0.25, -0.2) is 0 Å². The number of nitrogens with zero attached hydrogens (tertiary/aromatic N) is 3. The van der Waals surface area contributed by atoms with Crippen LogP contribution in [0.2, 0.25) is 0 Å². The lowest BCUT2D eigenvalue weighted by molar-refractivity contribution is 0.262. The summed E-state index contributed by atoms with van der Waals surface area (Å²) in [6.07, 6.45) is 0.769. The summed E-state index contributed by atoms with van der Waals surface area (Å²) in [5.74, 6) is 0.929. The molecule has 0 spiro atoms. The number of hydrogen-bond acceptors (Lipinski definition) is 6. The van der Waals surface area contributed by atoms with E-state index in [0.717, 1.165) is 61.2 Å². The normalized spacial score (nSPS) is 16.2. The Labute approximate surface area is 153 Å². The molecular weight excluding hydrogens is 334 g/mol. The van der Waals surface area contributed by atoms with E-state index in [2.05, 4.69) is 40.1 Å². The predicted octanol–water partition coefficient (Wildman–Crippen LogP) is 3.46. The van der Waals surface area contributed by atoms with Gasteiger partial charge in [0.1, 0.15) is 5.75 Å². The first kappa shape index (κ1) is 17.8. The predicted molar refractivity (Wildman–Crippen MR) is 104 cm³/mol. The number of thiophene rings is 1. The van der Waals surface area contributed by atoms with Crippen molar-refractivity contribution >= 4 is 22.7 Å². The first-order valence-electron chi connectivity index (χ1n) is 8.59. The smallest absolute Gasteiger partial charge is 0.142 e. The third-order valence-corrected chi connectivity index (χ3v) is 5.66. The summed E-state index contributed by atoms with van der Waals surface area (Å²) in [7, 11) is 1.72. The lowest BCUT2D eigenvalue weighted by atomic mass is 10.2. The molecule has 0 amide bonds. The van der Waals surface area contributed by atoms with Crippen LogP contribution in [0.4, 0.5) is 5.69 Å². The van der Waals surface area contributed by atoms with Gasteiger partial charge in [-0.2, -0.15) is 0 Å². The van der Waals surface area contributed by atoms with E-state index in [4.69, 9.17) is 4.74 Å². The van der Waals surface area contributed by atoms with Crippen molar-refractivity contribution < 1.29 is 9.94 Å². The Bertz CT molecular complexity index is 721. The molecule has 1 aliphatic heterocycles. The summed E-state index contributed by atoms with van der Waals surface area (Å²) < 4.78 is 5.47. The molecule has 0 aliphatic carbocycles. The van der Waals surface area contributed by atoms with Gasteiger partial charge in [0.2, 0.25) is 0 Å². The maximum atomic E-state index is 9.32. The summed E-state index contributed by atoms with van der Waals surface area (Å²) >= 11 is 1.68. The topological polar surface area (TPSA) is 48.3 Å². The van der Waals surface area contributed by atoms with E-state index in [-0.39, 0.29) is 0 Å². The molecule has 0 radical (unpaired) electrons. The molecule has 0 atom stereocenters. The van der Waals surface area contributed by atoms with Gasteiger partial charge in [-0.3, -0.25) is 4.90 Å². The van der Waals surface area contributed by atoms with Gasteiger partial charge in [-0.05, 0) is 31.2 Å². The number of rotatable bonds is 6. The lowest BCUT2D eigenvalue weighted by Gasteiger charge is -2.36. The number of anilines is 1. The zero-order valence-corrected chi connectivity index (χ0v) is 15.6. The zero-order valence-electron chi connectivity index (χ0n) is 14.8. The van der Waals surface area contributed by atoms with Gasteiger partial charge >= 0.3 is 0 Å². The van der Waals surface area contributed by atoms with Crippen LogP contribution in [0.15, 0.2) is 41.6 Å². The van der Waals surface area contributed by atoms with Crippen molar-refractivity contribution in [2.75, 3.05) is 44.7 Å². The van der Waals surface area contributed by atoms with E-state index in [1.807, 2.05) is 18.2 Å². The van der Waals surface area contributed by atoms with Crippen molar-refractivity contribution in [3.8, 4) is 5.75 Å². The van der Waals surface area contributed by atoms with Crippen LogP contribution in [0.5, 0.6) is 5.75 Å². The molecule has 3 rings (SSSR count). The Hall–Kier alpha value is -2.05. The summed E-state index contributed by atoms with van der Waals surface area (Å²) in [5.41, 5.74) is 1.95. The Morgan fingerprint density at radius 3 is 2.56 bits per heavy atom. The zero-order chi connectivity index (χ0) is 17.6. The third kappa shape index (κ3) is 4.32. The van der Waals surface area contributed by atoms with Crippen LogP contribution in [0.25, 0.3) is 0 Å². The number of oxime groups is 1. The molecule has 0 unspecified atom stereocenters. The van der Waals surface area contributed by atoms with E-state index in [0.29, 0.717) is 0 Å². The molecule has 134 valence electrons. The van der Waals surface area contributed by atoms with Crippen LogP contribution in [0, 0.1) is 6.92 Å². The Morgan fingerprint density at radius 1 is 1.16 bits per heavy atom. The number of para-hydroxylation sites is 2. The summed E-state index contributed by atoms with van der Waals surface area (Å²) in [6, 6.07) is 12.3. The van der Waals surface area contributed by atoms with Crippen molar-refractivity contribution in [1.82, 2.24) is 4.90 Å². The fraction of sp³-hybridized carbons (Fsp3) is 0.421. The second kappa shape index (κ2) is 8.36. The second-order valence-electron chi connectivity index (χ2n) is 6.21. The van der Waals surface area contributed by atoms with Gasteiger partial charge in [0, 0.05) is 44.0 Å². The highest BCUT2D eigenvalue weighted by molar-refractivity contribution is 7.14. The minimum atomic E-state index is 0.769. The van der Waals surface area contributed by atoms with E-state index >= 15 is 0 Å². The van der Waals surface area contributed by atoms with Crippen molar-refractivity contribution in [3.63, 3.8) is 0 Å². The Balaban J connectivity index is 1.52. The molecule has 2 aromatic rings. The highest BCUT2D eigenvalue weighted by Gasteiger charge is 2.20. The van der Waals surface area contributed by atoms with Gasteiger partial charge in [0.25, 0.3) is 0 Å². The molecule has 2 heterocycles. The molecule has 1 fully saturated rings. The quantitative estimate of drug-likeness (QED) is 0.487. The third-order valence-electron chi connectivity index (χ3n) is 4.61. The average Bonchev–Trinajstić information content (AvgIpc) is 3.09. The molecule has 0 saturated carbocycles. The van der Waals surface area contributed by atoms with Crippen LogP contribution in [0.1, 0.15) is 16.2 Å². The van der Waals surface area contributed by atoms with Crippen LogP contribution >= 0.6 is 11.3 Å². The Morgan fingerprint density at radius 2 is 1.92 bits per heavy atom. The van der Waals surface area contributed by atoms with Gasteiger partial charge in [-0.15, -0.1) is 11.3 Å². The molecule has 1 aromatic heterocycles. The Kier molecular flexibility index (Phi) is 5.94. The van der Waals surface area contributed by atoms with Crippen molar-refractivity contribution in [3.05, 3.63) is 46.2 Å². The molecule has 5 nitrogen and oxygen atoms in total. The molecule has 1 aliphatic rings. The minimum Gasteiger partial charge on any atom is -0.495 e. The van der Waals surface area contributed by atoms with Crippen LogP contribution < -0.4 is 9.64 Å². The lowest BCUT2D eigenvalue weighted by Crippen LogP contribution is -2.47. The summed E-state index contributed by atoms with van der Waals surface area (Å²) in [5, 5.41) is 12.8. The number of hydrogen-bond donors (Lipinski definition) is 1. The van der Waals surface area contributed by atoms with Crippen LogP contribution in [-0.2, 0) is 0 Å². The van der Waals surface area contributed by atoms with Gasteiger partial charge in [0.05, 0.1) is 23.4 Å². The summed E-state index contributed by atoms with van der Waals surface area (Å²) in [4.78, 5) is 7.10. The number of methoxy groups -OCH3 is 1. The van der Waals surface area contributed by atoms with E-state index < -0.39 is 0 Å². The molecule has 0 bridgehead atoms. The minimum absolute atomic E-state index is 0.769. The van der Waals surface area contributed by atoms with Crippen LogP contribution in [-0.4, -0.2) is 55.7 Å². The average molecular weight is 359 g/mol. The number of aryl methyl sites for hydroxylation is 1. The maximum absolute atomic E-state index is 9.32. The first-order chi connectivity index (χ1) is 12.2. The van der Waals surface area contributed by atoms with E-state index in [1.165, 1.54) is 4.88 Å². The van der Waals surface area contributed by atoms with Crippen LogP contribution in [0.3, 0.4) is 0 Å². The number of benzene rings is 1. The molecule has 1 aromatic carbocycles. The first-order valence-corrected chi connectivity index (χ1v) is 9.41. The summed E-state index contributed by atoms with van der Waals surface area (Å²) in [6.45, 7) is 6.94. The van der Waals surface area contributed by atoms with Crippen molar-refractivity contribution in [2.45, 2.75) is 13.3 Å². The standard InChI is InChI=1S/C19H25N3O2S/c1-15-7-8-19(25-15)16(20-23)9-10-21-11-13-22(14-12-21)17-5-3-4-6-18(17)24-2/h3-8,23H,9-14H2,1-2H3/b20-16-. The highest BCUT2D eigenvalue weighted by atomic mass is 32.1. The SMILES string of the molecule is COc1ccccc1N1CCN(CC/C(=N/O)c2ccc(C)s2)CC1. The van der Waals surface area contributed by atoms with E-state index in [9.17, 15) is 5.21 Å². The van der Waals surface area contributed by atoms with Gasteiger partial charge in [0.15, 0.2) is 0 Å². The number of piperazine rings is 1.